The number of ether oxygens (including phenoxy) is 2. The molecule has 1 N–H and O–H groups in total. The maximum absolute atomic E-state index is 12.4. The molecule has 1 aliphatic heterocycles. The Bertz CT molecular complexity index is 904. The van der Waals surface area contributed by atoms with E-state index in [1.54, 1.807) is 19.1 Å². The van der Waals surface area contributed by atoms with Crippen molar-refractivity contribution in [2.24, 2.45) is 17.3 Å². The van der Waals surface area contributed by atoms with Crippen LogP contribution in [-0.4, -0.2) is 50.4 Å². The molecule has 1 aromatic carbocycles. The molecule has 5 rings (SSSR count). The van der Waals surface area contributed by atoms with Gasteiger partial charge in [-0.3, -0.25) is 4.79 Å². The van der Waals surface area contributed by atoms with Gasteiger partial charge < -0.3 is 24.1 Å². The first kappa shape index (κ1) is 23.1. The van der Waals surface area contributed by atoms with E-state index in [2.05, 4.69) is 26.1 Å². The van der Waals surface area contributed by atoms with Crippen molar-refractivity contribution in [2.45, 2.75) is 71.5 Å². The van der Waals surface area contributed by atoms with E-state index >= 15 is 0 Å². The van der Waals surface area contributed by atoms with E-state index in [0.717, 1.165) is 18.4 Å². The summed E-state index contributed by atoms with van der Waals surface area (Å²) < 4.78 is 23.8. The number of benzene rings is 1. The van der Waals surface area contributed by atoms with Crippen molar-refractivity contribution in [3.05, 3.63) is 29.3 Å². The standard InChI is InChI=1S/C24H34BNO6/c1-7-30-22(28)17-10-8-9-15(21(17)29-6)11-20(26-14(2)27)25-31-19-13-16-12-18(23(16,3)4)24(19,5)32-25/h8-10,16,18-20H,7,11-13H2,1-6H3,(H,26,27). The van der Waals surface area contributed by atoms with Crippen LogP contribution in [-0.2, 0) is 25.3 Å². The minimum atomic E-state index is -0.569. The quantitative estimate of drug-likeness (QED) is 0.515. The minimum Gasteiger partial charge on any atom is -0.496 e. The molecular formula is C24H34BNO6. The molecule has 1 saturated heterocycles. The van der Waals surface area contributed by atoms with Gasteiger partial charge in [0.2, 0.25) is 5.91 Å². The third-order valence-electron chi connectivity index (χ3n) is 7.92. The molecule has 4 fully saturated rings. The summed E-state index contributed by atoms with van der Waals surface area (Å²) in [5.74, 6) is 0.522. The first-order valence-electron chi connectivity index (χ1n) is 11.5. The van der Waals surface area contributed by atoms with Crippen molar-refractivity contribution < 1.29 is 28.4 Å². The Morgan fingerprint density at radius 1 is 1.28 bits per heavy atom. The number of amides is 1. The lowest BCUT2D eigenvalue weighted by atomic mass is 9.43. The Kier molecular flexibility index (Phi) is 6.05. The molecule has 174 valence electrons. The van der Waals surface area contributed by atoms with Crippen LogP contribution in [0, 0.1) is 17.3 Å². The highest BCUT2D eigenvalue weighted by Gasteiger charge is 2.68. The van der Waals surface area contributed by atoms with Crippen molar-refractivity contribution in [2.75, 3.05) is 13.7 Å². The smallest absolute Gasteiger partial charge is 0.482 e. The van der Waals surface area contributed by atoms with Gasteiger partial charge in [0.05, 0.1) is 31.4 Å². The molecule has 3 saturated carbocycles. The molecule has 1 amide bonds. The number of carbonyl (C=O) groups is 2. The predicted molar refractivity (Wildman–Crippen MR) is 120 cm³/mol. The summed E-state index contributed by atoms with van der Waals surface area (Å²) in [6.07, 6.45) is 2.57. The number of carbonyl (C=O) groups excluding carboxylic acids is 2. The fourth-order valence-electron chi connectivity index (χ4n) is 6.14. The minimum absolute atomic E-state index is 0.0216. The lowest BCUT2D eigenvalue weighted by Crippen LogP contribution is -2.65. The van der Waals surface area contributed by atoms with E-state index in [1.807, 2.05) is 6.07 Å². The van der Waals surface area contributed by atoms with E-state index in [-0.39, 0.29) is 29.6 Å². The molecular weight excluding hydrogens is 409 g/mol. The van der Waals surface area contributed by atoms with Crippen LogP contribution in [0.15, 0.2) is 18.2 Å². The van der Waals surface area contributed by atoms with Gasteiger partial charge in [0.1, 0.15) is 11.3 Å². The fraction of sp³-hybridized carbons (Fsp3) is 0.667. The molecule has 1 aromatic rings. The Balaban J connectivity index is 1.59. The molecule has 5 unspecified atom stereocenters. The summed E-state index contributed by atoms with van der Waals surface area (Å²) in [5, 5.41) is 3.01. The average molecular weight is 443 g/mol. The van der Waals surface area contributed by atoms with E-state index in [9.17, 15) is 9.59 Å². The number of hydrogen-bond acceptors (Lipinski definition) is 6. The van der Waals surface area contributed by atoms with Crippen LogP contribution < -0.4 is 10.1 Å². The molecule has 0 aromatic heterocycles. The van der Waals surface area contributed by atoms with Gasteiger partial charge in [-0.2, -0.15) is 0 Å². The summed E-state index contributed by atoms with van der Waals surface area (Å²) in [6.45, 7) is 10.3. The molecule has 7 nitrogen and oxygen atoms in total. The second kappa shape index (κ2) is 8.38. The highest BCUT2D eigenvalue weighted by atomic mass is 16.7. The number of esters is 1. The number of rotatable bonds is 7. The highest BCUT2D eigenvalue weighted by molar-refractivity contribution is 6.48. The first-order chi connectivity index (χ1) is 15.1. The Hall–Kier alpha value is -2.06. The number of nitrogens with one attached hydrogen (secondary N) is 1. The van der Waals surface area contributed by atoms with Gasteiger partial charge in [0.15, 0.2) is 0 Å². The Labute approximate surface area is 190 Å². The second-order valence-electron chi connectivity index (χ2n) is 10.1. The van der Waals surface area contributed by atoms with Crippen LogP contribution in [0.2, 0.25) is 0 Å². The van der Waals surface area contributed by atoms with Crippen LogP contribution in [0.4, 0.5) is 0 Å². The van der Waals surface area contributed by atoms with Gasteiger partial charge >= 0.3 is 13.1 Å². The molecule has 1 heterocycles. The topological polar surface area (TPSA) is 83.1 Å². The first-order valence-corrected chi connectivity index (χ1v) is 11.5. The van der Waals surface area contributed by atoms with Gasteiger partial charge in [-0.05, 0) is 62.0 Å². The summed E-state index contributed by atoms with van der Waals surface area (Å²) >= 11 is 0. The van der Waals surface area contributed by atoms with Gasteiger partial charge in [-0.25, -0.2) is 4.79 Å². The van der Waals surface area contributed by atoms with E-state index in [0.29, 0.717) is 29.6 Å². The largest absolute Gasteiger partial charge is 0.496 e. The van der Waals surface area contributed by atoms with Crippen molar-refractivity contribution in [1.29, 1.82) is 0 Å². The van der Waals surface area contributed by atoms with Crippen molar-refractivity contribution in [3.63, 3.8) is 0 Å². The predicted octanol–water partition coefficient (Wildman–Crippen LogP) is 3.19. The van der Waals surface area contributed by atoms with Gasteiger partial charge in [-0.15, -0.1) is 0 Å². The molecule has 32 heavy (non-hydrogen) atoms. The molecule has 3 aliphatic carbocycles. The molecule has 5 atom stereocenters. The summed E-state index contributed by atoms with van der Waals surface area (Å²) in [4.78, 5) is 24.4. The molecule has 0 spiro atoms. The molecule has 8 heteroatoms. The van der Waals surface area contributed by atoms with Gasteiger partial charge in [-0.1, -0.05) is 26.0 Å². The highest BCUT2D eigenvalue weighted by Crippen LogP contribution is 2.65. The van der Waals surface area contributed by atoms with Crippen molar-refractivity contribution in [1.82, 2.24) is 5.32 Å². The fourth-order valence-corrected chi connectivity index (χ4v) is 6.14. The normalized spacial score (nSPS) is 30.7. The second-order valence-corrected chi connectivity index (χ2v) is 10.1. The third kappa shape index (κ3) is 3.71. The number of hydrogen-bond donors (Lipinski definition) is 1. The van der Waals surface area contributed by atoms with Crippen LogP contribution >= 0.6 is 0 Å². The summed E-state index contributed by atoms with van der Waals surface area (Å²) in [5.41, 5.74) is 1.03. The van der Waals surface area contributed by atoms with Crippen LogP contribution in [0.5, 0.6) is 5.75 Å². The lowest BCUT2D eigenvalue weighted by Gasteiger charge is -2.64. The zero-order valence-corrected chi connectivity index (χ0v) is 19.9. The summed E-state index contributed by atoms with van der Waals surface area (Å²) in [7, 11) is 0.961. The zero-order valence-electron chi connectivity index (χ0n) is 19.9. The van der Waals surface area contributed by atoms with E-state index in [1.165, 1.54) is 14.0 Å². The maximum Gasteiger partial charge on any atom is 0.482 e. The van der Waals surface area contributed by atoms with Crippen LogP contribution in [0.1, 0.15) is 63.4 Å². The van der Waals surface area contributed by atoms with Crippen LogP contribution in [0.25, 0.3) is 0 Å². The Morgan fingerprint density at radius 3 is 2.66 bits per heavy atom. The summed E-state index contributed by atoms with van der Waals surface area (Å²) in [6, 6.07) is 5.37. The third-order valence-corrected chi connectivity index (χ3v) is 7.92. The van der Waals surface area contributed by atoms with Gasteiger partial charge in [0.25, 0.3) is 0 Å². The van der Waals surface area contributed by atoms with E-state index < -0.39 is 19.0 Å². The lowest BCUT2D eigenvalue weighted by molar-refractivity contribution is -0.199. The SMILES string of the molecule is CCOC(=O)c1cccc(CC(NC(C)=O)B2OC3CC4CC(C4(C)C)C3(C)O2)c1OC. The van der Waals surface area contributed by atoms with Crippen LogP contribution in [0.3, 0.4) is 0 Å². The zero-order chi connectivity index (χ0) is 23.3. The van der Waals surface area contributed by atoms with E-state index in [4.69, 9.17) is 18.8 Å². The van der Waals surface area contributed by atoms with Crippen molar-refractivity contribution >= 4 is 19.0 Å². The molecule has 2 bridgehead atoms. The molecule has 4 aliphatic rings. The van der Waals surface area contributed by atoms with Gasteiger partial charge in [0, 0.05) is 6.92 Å². The van der Waals surface area contributed by atoms with Crippen molar-refractivity contribution in [3.8, 4) is 5.75 Å². The monoisotopic (exact) mass is 443 g/mol. The number of methoxy groups -OCH3 is 1. The Morgan fingerprint density at radius 2 is 2.03 bits per heavy atom. The number of para-hydroxylation sites is 1. The maximum atomic E-state index is 12.4. The average Bonchev–Trinajstić information content (AvgIpc) is 3.10. The molecule has 0 radical (unpaired) electrons.